The van der Waals surface area contributed by atoms with Crippen LogP contribution in [0.1, 0.15) is 11.1 Å². The van der Waals surface area contributed by atoms with Gasteiger partial charge in [-0.1, -0.05) is 23.8 Å². The van der Waals surface area contributed by atoms with Crippen LogP contribution in [0.5, 0.6) is 5.75 Å². The van der Waals surface area contributed by atoms with Gasteiger partial charge in [-0.15, -0.1) is 5.75 Å². The average Bonchev–Trinajstić information content (AvgIpc) is 2.24. The number of benzene rings is 1. The Morgan fingerprint density at radius 2 is 1.76 bits per heavy atom. The molecule has 90 valence electrons. The van der Waals surface area contributed by atoms with Gasteiger partial charge in [-0.3, -0.25) is 4.90 Å². The van der Waals surface area contributed by atoms with E-state index < -0.39 is 0 Å². The normalized spacial score (nSPS) is 10.4. The van der Waals surface area contributed by atoms with E-state index in [-0.39, 0.29) is 48.5 Å². The summed E-state index contributed by atoms with van der Waals surface area (Å²) >= 11 is 0. The number of aliphatic hydroxyl groups excluding tert-OH is 2. The minimum atomic E-state index is 0. The zero-order valence-corrected chi connectivity index (χ0v) is 12.5. The number of aryl methyl sites for hydroxylation is 1. The average molecular weight is 247 g/mol. The summed E-state index contributed by atoms with van der Waals surface area (Å²) in [5.74, 6) is 0.00600. The van der Waals surface area contributed by atoms with Crippen molar-refractivity contribution in [1.29, 1.82) is 0 Å². The molecule has 4 nitrogen and oxygen atoms in total. The molecule has 0 spiro atoms. The van der Waals surface area contributed by atoms with Gasteiger partial charge in [0.15, 0.2) is 0 Å². The maximum Gasteiger partial charge on any atom is 1.00 e. The van der Waals surface area contributed by atoms with Gasteiger partial charge in [0, 0.05) is 19.6 Å². The molecule has 0 atom stereocenters. The molecule has 1 aromatic carbocycles. The van der Waals surface area contributed by atoms with Crippen LogP contribution in [0, 0.1) is 6.92 Å². The molecule has 1 rings (SSSR count). The Morgan fingerprint density at radius 1 is 1.18 bits per heavy atom. The molecule has 0 fully saturated rings. The van der Waals surface area contributed by atoms with E-state index >= 15 is 0 Å². The molecule has 2 N–H and O–H groups in total. The Balaban J connectivity index is 0.00000256. The number of rotatable bonds is 6. The molecule has 0 aliphatic heterocycles. The zero-order chi connectivity index (χ0) is 12.0. The second kappa shape index (κ2) is 8.91. The molecular formula is C12H18NNaO3. The van der Waals surface area contributed by atoms with Crippen LogP contribution < -0.4 is 34.7 Å². The molecule has 0 heterocycles. The standard InChI is InChI=1S/C12H19NO3.Na/c1-10-2-3-12(16)11(8-10)9-13(4-6-14)5-7-15;/h2-3,8,14-16H,4-7,9H2,1H3;/q;+1/p-1. The molecule has 0 saturated carbocycles. The number of nitrogens with zero attached hydrogens (tertiary/aromatic N) is 1. The smallest absolute Gasteiger partial charge is 0.872 e. The largest absolute Gasteiger partial charge is 1.00 e. The summed E-state index contributed by atoms with van der Waals surface area (Å²) < 4.78 is 0. The van der Waals surface area contributed by atoms with E-state index in [4.69, 9.17) is 10.2 Å². The predicted octanol–water partition coefficient (Wildman–Crippen LogP) is -3.14. The Labute approximate surface area is 124 Å². The molecule has 0 aliphatic carbocycles. The van der Waals surface area contributed by atoms with Crippen LogP contribution in [0.15, 0.2) is 18.2 Å². The van der Waals surface area contributed by atoms with Crippen LogP contribution in [0.4, 0.5) is 0 Å². The van der Waals surface area contributed by atoms with E-state index in [9.17, 15) is 5.11 Å². The second-order valence-electron chi connectivity index (χ2n) is 3.83. The van der Waals surface area contributed by atoms with Crippen molar-refractivity contribution < 1.29 is 44.9 Å². The molecule has 1 aromatic rings. The molecule has 0 aliphatic rings. The first-order chi connectivity index (χ1) is 7.67. The Hall–Kier alpha value is -0.100. The fourth-order valence-electron chi connectivity index (χ4n) is 1.63. The van der Waals surface area contributed by atoms with Gasteiger partial charge >= 0.3 is 29.6 Å². The molecule has 0 bridgehead atoms. The van der Waals surface area contributed by atoms with Gasteiger partial charge in [0.2, 0.25) is 0 Å². The molecule has 0 saturated heterocycles. The van der Waals surface area contributed by atoms with Crippen molar-refractivity contribution in [1.82, 2.24) is 4.90 Å². The van der Waals surface area contributed by atoms with E-state index in [1.165, 1.54) is 0 Å². The molecule has 0 radical (unpaired) electrons. The molecule has 17 heavy (non-hydrogen) atoms. The molecule has 0 amide bonds. The van der Waals surface area contributed by atoms with E-state index in [0.29, 0.717) is 25.2 Å². The third-order valence-electron chi connectivity index (χ3n) is 2.44. The zero-order valence-electron chi connectivity index (χ0n) is 10.5. The van der Waals surface area contributed by atoms with Crippen LogP contribution >= 0.6 is 0 Å². The van der Waals surface area contributed by atoms with E-state index in [1.807, 2.05) is 17.9 Å². The van der Waals surface area contributed by atoms with Crippen LogP contribution in [0.2, 0.25) is 0 Å². The summed E-state index contributed by atoms with van der Waals surface area (Å²) in [4.78, 5) is 1.86. The molecule has 5 heteroatoms. The van der Waals surface area contributed by atoms with Crippen LogP contribution in [0.3, 0.4) is 0 Å². The first kappa shape index (κ1) is 16.9. The predicted molar refractivity (Wildman–Crippen MR) is 60.1 cm³/mol. The van der Waals surface area contributed by atoms with Gasteiger partial charge in [-0.05, 0) is 12.5 Å². The van der Waals surface area contributed by atoms with Gasteiger partial charge in [0.05, 0.1) is 13.2 Å². The third kappa shape index (κ3) is 5.86. The quantitative estimate of drug-likeness (QED) is 0.521. The minimum absolute atomic E-state index is 0. The fourth-order valence-corrected chi connectivity index (χ4v) is 1.63. The Morgan fingerprint density at radius 3 is 2.29 bits per heavy atom. The first-order valence-electron chi connectivity index (χ1n) is 5.38. The van der Waals surface area contributed by atoms with Crippen LogP contribution in [-0.2, 0) is 6.54 Å². The Kier molecular flexibility index (Phi) is 8.86. The van der Waals surface area contributed by atoms with E-state index in [2.05, 4.69) is 0 Å². The topological polar surface area (TPSA) is 66.8 Å². The Bertz CT molecular complexity index is 328. The summed E-state index contributed by atoms with van der Waals surface area (Å²) in [7, 11) is 0. The SMILES string of the molecule is Cc1ccc([O-])c(CN(CCO)CCO)c1.[Na+]. The summed E-state index contributed by atoms with van der Waals surface area (Å²) in [6.07, 6.45) is 0. The third-order valence-corrected chi connectivity index (χ3v) is 2.44. The van der Waals surface area contributed by atoms with Crippen molar-refractivity contribution in [2.45, 2.75) is 13.5 Å². The van der Waals surface area contributed by atoms with E-state index in [0.717, 1.165) is 5.56 Å². The fraction of sp³-hybridized carbons (Fsp3) is 0.500. The van der Waals surface area contributed by atoms with Gasteiger partial charge in [0.25, 0.3) is 0 Å². The monoisotopic (exact) mass is 247 g/mol. The molecular weight excluding hydrogens is 229 g/mol. The summed E-state index contributed by atoms with van der Waals surface area (Å²) in [5.41, 5.74) is 1.75. The van der Waals surface area contributed by atoms with Crippen molar-refractivity contribution in [2.75, 3.05) is 26.3 Å². The first-order valence-corrected chi connectivity index (χ1v) is 5.38. The van der Waals surface area contributed by atoms with Crippen molar-refractivity contribution in [3.05, 3.63) is 29.3 Å². The minimum Gasteiger partial charge on any atom is -0.872 e. The summed E-state index contributed by atoms with van der Waals surface area (Å²) in [5, 5.41) is 29.3. The number of hydrogen-bond acceptors (Lipinski definition) is 4. The van der Waals surface area contributed by atoms with Gasteiger partial charge in [0.1, 0.15) is 0 Å². The number of aliphatic hydroxyl groups is 2. The molecule has 0 unspecified atom stereocenters. The van der Waals surface area contributed by atoms with Gasteiger partial charge in [-0.25, -0.2) is 0 Å². The van der Waals surface area contributed by atoms with Crippen LogP contribution in [-0.4, -0.2) is 41.4 Å². The van der Waals surface area contributed by atoms with Crippen molar-refractivity contribution in [3.63, 3.8) is 0 Å². The van der Waals surface area contributed by atoms with Gasteiger partial charge in [-0.2, -0.15) is 0 Å². The second-order valence-corrected chi connectivity index (χ2v) is 3.83. The summed E-state index contributed by atoms with van der Waals surface area (Å²) in [6, 6.07) is 5.19. The van der Waals surface area contributed by atoms with Crippen molar-refractivity contribution in [3.8, 4) is 5.75 Å². The van der Waals surface area contributed by atoms with Crippen LogP contribution in [0.25, 0.3) is 0 Å². The maximum absolute atomic E-state index is 11.6. The van der Waals surface area contributed by atoms with Crippen molar-refractivity contribution in [2.24, 2.45) is 0 Å². The number of hydrogen-bond donors (Lipinski definition) is 2. The van der Waals surface area contributed by atoms with E-state index in [1.54, 1.807) is 12.1 Å². The maximum atomic E-state index is 11.6. The van der Waals surface area contributed by atoms with Crippen molar-refractivity contribution >= 4 is 0 Å². The van der Waals surface area contributed by atoms with Gasteiger partial charge < -0.3 is 15.3 Å². The molecule has 0 aromatic heterocycles. The summed E-state index contributed by atoms with van der Waals surface area (Å²) in [6.45, 7) is 3.40.